The molecular weight excluding hydrogens is 402 g/mol. The number of aliphatic hydroxyl groups is 2. The summed E-state index contributed by atoms with van der Waals surface area (Å²) in [6.07, 6.45) is 0.565. The van der Waals surface area contributed by atoms with Crippen LogP contribution < -0.4 is 0 Å². The van der Waals surface area contributed by atoms with Gasteiger partial charge in [-0.25, -0.2) is 8.78 Å². The highest BCUT2D eigenvalue weighted by Gasteiger charge is 2.47. The molecule has 5 nitrogen and oxygen atoms in total. The van der Waals surface area contributed by atoms with Gasteiger partial charge >= 0.3 is 0 Å². The van der Waals surface area contributed by atoms with E-state index in [4.69, 9.17) is 4.74 Å². The number of aliphatic hydroxyl groups excluding tert-OH is 2. The van der Waals surface area contributed by atoms with Crippen LogP contribution in [-0.2, 0) is 17.8 Å². The van der Waals surface area contributed by atoms with E-state index in [-0.39, 0.29) is 30.4 Å². The van der Waals surface area contributed by atoms with Gasteiger partial charge < -0.3 is 14.9 Å². The molecule has 2 aromatic carbocycles. The Balaban J connectivity index is 1.54. The number of nitrogens with zero attached hydrogens (tertiary/aromatic N) is 2. The summed E-state index contributed by atoms with van der Waals surface area (Å²) in [5.41, 5.74) is 1.91. The lowest BCUT2D eigenvalue weighted by Crippen LogP contribution is -2.50. The van der Waals surface area contributed by atoms with Crippen molar-refractivity contribution in [2.24, 2.45) is 0 Å². The Morgan fingerprint density at radius 1 is 0.871 bits per heavy atom. The molecule has 0 unspecified atom stereocenters. The Bertz CT molecular complexity index is 780. The van der Waals surface area contributed by atoms with Gasteiger partial charge in [0.25, 0.3) is 0 Å². The predicted molar refractivity (Wildman–Crippen MR) is 113 cm³/mol. The Morgan fingerprint density at radius 3 is 1.87 bits per heavy atom. The lowest BCUT2D eigenvalue weighted by molar-refractivity contribution is -0.0323. The fourth-order valence-corrected chi connectivity index (χ4v) is 4.75. The number of likely N-dealkylation sites (tertiary alicyclic amines) is 1. The minimum absolute atomic E-state index is 0.177. The van der Waals surface area contributed by atoms with E-state index in [1.807, 2.05) is 0 Å². The summed E-state index contributed by atoms with van der Waals surface area (Å²) in [6.45, 7) is 3.25. The van der Waals surface area contributed by atoms with E-state index in [1.54, 1.807) is 24.3 Å². The lowest BCUT2D eigenvalue weighted by Gasteiger charge is -2.33. The SMILES string of the molecule is OC[C@@H]1O[C@H](CN(Cc2ccc(F)cc2)Cc2ccc(F)cc2)[C@H](N2CCCC2)[C@@H]1O. The quantitative estimate of drug-likeness (QED) is 0.672. The minimum atomic E-state index is -0.744. The molecule has 2 saturated heterocycles. The van der Waals surface area contributed by atoms with Crippen LogP contribution in [-0.4, -0.2) is 70.6 Å². The summed E-state index contributed by atoms with van der Waals surface area (Å²) in [7, 11) is 0. The van der Waals surface area contributed by atoms with Crippen molar-refractivity contribution >= 4 is 0 Å². The van der Waals surface area contributed by atoms with Crippen molar-refractivity contribution in [1.82, 2.24) is 9.80 Å². The van der Waals surface area contributed by atoms with Gasteiger partial charge in [0.1, 0.15) is 23.8 Å². The van der Waals surface area contributed by atoms with Crippen LogP contribution in [0.25, 0.3) is 0 Å². The number of ether oxygens (including phenoxy) is 1. The molecule has 2 aliphatic heterocycles. The highest BCUT2D eigenvalue weighted by atomic mass is 19.1. The maximum Gasteiger partial charge on any atom is 0.123 e. The van der Waals surface area contributed by atoms with E-state index in [0.717, 1.165) is 37.1 Å². The number of rotatable bonds is 8. The van der Waals surface area contributed by atoms with Gasteiger partial charge in [-0.3, -0.25) is 9.80 Å². The lowest BCUT2D eigenvalue weighted by atomic mass is 10.0. The molecule has 0 aromatic heterocycles. The third-order valence-electron chi connectivity index (χ3n) is 6.28. The van der Waals surface area contributed by atoms with Gasteiger partial charge in [0.05, 0.1) is 18.8 Å². The molecule has 2 aromatic rings. The molecule has 0 spiro atoms. The zero-order valence-corrected chi connectivity index (χ0v) is 17.5. The van der Waals surface area contributed by atoms with Gasteiger partial charge in [0.2, 0.25) is 0 Å². The van der Waals surface area contributed by atoms with E-state index in [1.165, 1.54) is 24.3 Å². The monoisotopic (exact) mass is 432 g/mol. The molecule has 4 rings (SSSR count). The molecule has 0 bridgehead atoms. The topological polar surface area (TPSA) is 56.2 Å². The van der Waals surface area contributed by atoms with Gasteiger partial charge in [-0.15, -0.1) is 0 Å². The van der Waals surface area contributed by atoms with Crippen LogP contribution in [0.5, 0.6) is 0 Å². The number of hydrogen-bond acceptors (Lipinski definition) is 5. The first-order chi connectivity index (χ1) is 15.0. The normalized spacial score (nSPS) is 26.7. The van der Waals surface area contributed by atoms with Gasteiger partial charge in [-0.2, -0.15) is 0 Å². The Hall–Kier alpha value is -1.90. The Morgan fingerprint density at radius 2 is 1.39 bits per heavy atom. The maximum absolute atomic E-state index is 13.4. The van der Waals surface area contributed by atoms with Crippen LogP contribution >= 0.6 is 0 Å². The first-order valence-corrected chi connectivity index (χ1v) is 10.9. The Kier molecular flexibility index (Phi) is 7.30. The largest absolute Gasteiger partial charge is 0.394 e. The second kappa shape index (κ2) is 10.1. The second-order valence-electron chi connectivity index (χ2n) is 8.54. The van der Waals surface area contributed by atoms with E-state index in [2.05, 4.69) is 9.80 Å². The third-order valence-corrected chi connectivity index (χ3v) is 6.28. The van der Waals surface area contributed by atoms with Crippen molar-refractivity contribution in [3.8, 4) is 0 Å². The molecule has 4 atom stereocenters. The Labute approximate surface area is 181 Å². The van der Waals surface area contributed by atoms with E-state index in [9.17, 15) is 19.0 Å². The van der Waals surface area contributed by atoms with Crippen molar-refractivity contribution < 1.29 is 23.7 Å². The van der Waals surface area contributed by atoms with Crippen molar-refractivity contribution in [2.45, 2.75) is 50.3 Å². The molecule has 0 aliphatic carbocycles. The van der Waals surface area contributed by atoms with Gasteiger partial charge in [-0.05, 0) is 61.3 Å². The molecule has 2 N–H and O–H groups in total. The predicted octanol–water partition coefficient (Wildman–Crippen LogP) is 2.55. The second-order valence-corrected chi connectivity index (χ2v) is 8.54. The molecule has 2 aliphatic rings. The van der Waals surface area contributed by atoms with Crippen molar-refractivity contribution in [1.29, 1.82) is 0 Å². The number of halogens is 2. The molecule has 31 heavy (non-hydrogen) atoms. The maximum atomic E-state index is 13.4. The van der Waals surface area contributed by atoms with Crippen LogP contribution in [0.15, 0.2) is 48.5 Å². The first kappa shape index (κ1) is 22.3. The molecule has 0 amide bonds. The number of benzene rings is 2. The number of hydrogen-bond donors (Lipinski definition) is 2. The van der Waals surface area contributed by atoms with Crippen LogP contribution in [0, 0.1) is 11.6 Å². The van der Waals surface area contributed by atoms with Gasteiger partial charge in [0.15, 0.2) is 0 Å². The van der Waals surface area contributed by atoms with E-state index >= 15 is 0 Å². The highest BCUT2D eigenvalue weighted by Crippen LogP contribution is 2.30. The van der Waals surface area contributed by atoms with Crippen molar-refractivity contribution in [3.05, 3.63) is 71.3 Å². The summed E-state index contributed by atoms with van der Waals surface area (Å²) in [6, 6.07) is 12.6. The average molecular weight is 433 g/mol. The van der Waals surface area contributed by atoms with Crippen LogP contribution in [0.3, 0.4) is 0 Å². The van der Waals surface area contributed by atoms with Crippen LogP contribution in [0.2, 0.25) is 0 Å². The summed E-state index contributed by atoms with van der Waals surface area (Å²) in [5.74, 6) is -0.563. The summed E-state index contributed by atoms with van der Waals surface area (Å²) in [5, 5.41) is 20.5. The fourth-order valence-electron chi connectivity index (χ4n) is 4.75. The molecule has 0 radical (unpaired) electrons. The highest BCUT2D eigenvalue weighted by molar-refractivity contribution is 5.18. The van der Waals surface area contributed by atoms with E-state index in [0.29, 0.717) is 19.6 Å². The van der Waals surface area contributed by atoms with Crippen molar-refractivity contribution in [3.63, 3.8) is 0 Å². The minimum Gasteiger partial charge on any atom is -0.394 e. The third kappa shape index (κ3) is 5.48. The molecule has 168 valence electrons. The molecule has 7 heteroatoms. The van der Waals surface area contributed by atoms with E-state index < -0.39 is 12.2 Å². The molecular formula is C24H30F2N2O3. The molecule has 2 fully saturated rings. The summed E-state index contributed by atoms with van der Waals surface area (Å²) < 4.78 is 32.8. The zero-order chi connectivity index (χ0) is 21.8. The summed E-state index contributed by atoms with van der Waals surface area (Å²) >= 11 is 0. The van der Waals surface area contributed by atoms with Gasteiger partial charge in [-0.1, -0.05) is 24.3 Å². The van der Waals surface area contributed by atoms with Crippen LogP contribution in [0.1, 0.15) is 24.0 Å². The summed E-state index contributed by atoms with van der Waals surface area (Å²) in [4.78, 5) is 4.43. The first-order valence-electron chi connectivity index (χ1n) is 10.9. The smallest absolute Gasteiger partial charge is 0.123 e. The standard InChI is InChI=1S/C24H30F2N2O3/c25-19-7-3-17(4-8-19)13-27(14-18-5-9-20(26)10-6-18)15-21-23(28-11-1-2-12-28)24(30)22(16-29)31-21/h3-10,21-24,29-30H,1-2,11-16H2/t21-,22+,23+,24-/m1/s1. The fraction of sp³-hybridized carbons (Fsp3) is 0.500. The molecule has 0 saturated carbocycles. The average Bonchev–Trinajstić information content (AvgIpc) is 3.39. The molecule has 2 heterocycles. The zero-order valence-electron chi connectivity index (χ0n) is 17.5. The van der Waals surface area contributed by atoms with Crippen LogP contribution in [0.4, 0.5) is 8.78 Å². The van der Waals surface area contributed by atoms with Crippen molar-refractivity contribution in [2.75, 3.05) is 26.2 Å². The van der Waals surface area contributed by atoms with Gasteiger partial charge in [0, 0.05) is 19.6 Å².